The predicted molar refractivity (Wildman–Crippen MR) is 162 cm³/mol. The Morgan fingerprint density at radius 1 is 0.854 bits per heavy atom. The van der Waals surface area contributed by atoms with Gasteiger partial charge in [0.05, 0.1) is 5.52 Å². The lowest BCUT2D eigenvalue weighted by molar-refractivity contribution is 0.0888. The van der Waals surface area contributed by atoms with Crippen molar-refractivity contribution in [3.63, 3.8) is 0 Å². The van der Waals surface area contributed by atoms with E-state index in [-0.39, 0.29) is 11.9 Å². The van der Waals surface area contributed by atoms with Gasteiger partial charge in [0, 0.05) is 30.1 Å². The molecule has 1 aliphatic heterocycles. The van der Waals surface area contributed by atoms with Crippen LogP contribution < -0.4 is 5.32 Å². The predicted octanol–water partition coefficient (Wildman–Crippen LogP) is 6.51. The van der Waals surface area contributed by atoms with E-state index in [4.69, 9.17) is 5.10 Å². The summed E-state index contributed by atoms with van der Waals surface area (Å²) < 4.78 is 2.67. The van der Waals surface area contributed by atoms with E-state index in [2.05, 4.69) is 57.6 Å². The zero-order chi connectivity index (χ0) is 28.4. The first-order valence-corrected chi connectivity index (χ1v) is 14.4. The Hall–Kier alpha value is -4.43. The summed E-state index contributed by atoms with van der Waals surface area (Å²) in [5.74, 6) is -0.232. The first-order valence-electron chi connectivity index (χ1n) is 13.6. The van der Waals surface area contributed by atoms with Gasteiger partial charge in [-0.2, -0.15) is 5.10 Å². The first kappa shape index (κ1) is 26.8. The molecule has 1 unspecified atom stereocenters. The molecule has 41 heavy (non-hydrogen) atoms. The average Bonchev–Trinajstić information content (AvgIpc) is 3.35. The van der Waals surface area contributed by atoms with Crippen molar-refractivity contribution in [1.29, 1.82) is 0 Å². The number of halogens is 1. The molecule has 206 valence electrons. The molecular weight excluding hydrogens is 580 g/mol. The van der Waals surface area contributed by atoms with Crippen molar-refractivity contribution < 1.29 is 14.7 Å². The maximum absolute atomic E-state index is 13.3. The SMILES string of the molecule is O=C(NC1CCCN(C(=O)O)C1)c1ccc2c(c1)c(Br)nn2C(c1ccccc1)(c1ccccc1)c1ccccc1. The summed E-state index contributed by atoms with van der Waals surface area (Å²) in [5, 5.41) is 18.3. The fourth-order valence-electron chi connectivity index (χ4n) is 5.92. The first-order chi connectivity index (χ1) is 20.0. The molecule has 5 aromatic rings. The number of aromatic nitrogens is 2. The number of benzene rings is 4. The van der Waals surface area contributed by atoms with Crippen molar-refractivity contribution in [3.05, 3.63) is 136 Å². The third-order valence-corrected chi connectivity index (χ3v) is 8.40. The van der Waals surface area contributed by atoms with Gasteiger partial charge in [0.1, 0.15) is 10.1 Å². The molecule has 1 aromatic heterocycles. The number of amides is 2. The van der Waals surface area contributed by atoms with Crippen molar-refractivity contribution >= 4 is 38.8 Å². The second-order valence-corrected chi connectivity index (χ2v) is 11.0. The molecule has 8 heteroatoms. The molecule has 2 heterocycles. The Morgan fingerprint density at radius 3 is 1.95 bits per heavy atom. The molecule has 6 rings (SSSR count). The van der Waals surface area contributed by atoms with Gasteiger partial charge in [-0.3, -0.25) is 4.79 Å². The van der Waals surface area contributed by atoms with Crippen molar-refractivity contribution in [2.45, 2.75) is 24.4 Å². The second kappa shape index (κ2) is 11.2. The topological polar surface area (TPSA) is 87.5 Å². The van der Waals surface area contributed by atoms with Crippen molar-refractivity contribution in [3.8, 4) is 0 Å². The number of nitrogens with zero attached hydrogens (tertiary/aromatic N) is 3. The summed E-state index contributed by atoms with van der Waals surface area (Å²) in [5.41, 5.74) is 3.72. The Bertz CT molecular complexity index is 1590. The van der Waals surface area contributed by atoms with Crippen LogP contribution in [0.1, 0.15) is 39.9 Å². The molecule has 1 aliphatic rings. The van der Waals surface area contributed by atoms with E-state index in [0.717, 1.165) is 40.4 Å². The van der Waals surface area contributed by atoms with E-state index in [9.17, 15) is 14.7 Å². The van der Waals surface area contributed by atoms with Gasteiger partial charge in [-0.25, -0.2) is 9.48 Å². The lowest BCUT2D eigenvalue weighted by atomic mass is 9.77. The highest BCUT2D eigenvalue weighted by atomic mass is 79.9. The van der Waals surface area contributed by atoms with E-state index in [1.807, 2.05) is 77.5 Å². The molecule has 0 bridgehead atoms. The van der Waals surface area contributed by atoms with Crippen molar-refractivity contribution in [1.82, 2.24) is 20.0 Å². The maximum atomic E-state index is 13.3. The third kappa shape index (κ3) is 4.89. The zero-order valence-corrected chi connectivity index (χ0v) is 23.9. The Kier molecular flexibility index (Phi) is 7.32. The third-order valence-electron chi connectivity index (χ3n) is 7.82. The number of hydrogen-bond acceptors (Lipinski definition) is 3. The highest BCUT2D eigenvalue weighted by Crippen LogP contribution is 2.43. The summed E-state index contributed by atoms with van der Waals surface area (Å²) in [4.78, 5) is 26.1. The van der Waals surface area contributed by atoms with Crippen LogP contribution in [-0.2, 0) is 5.54 Å². The normalized spacial score (nSPS) is 15.5. The molecule has 1 atom stereocenters. The van der Waals surface area contributed by atoms with Gasteiger partial charge >= 0.3 is 6.09 Å². The largest absolute Gasteiger partial charge is 0.465 e. The molecule has 0 radical (unpaired) electrons. The lowest BCUT2D eigenvalue weighted by Crippen LogP contribution is -2.49. The van der Waals surface area contributed by atoms with Crippen molar-refractivity contribution in [2.24, 2.45) is 0 Å². The van der Waals surface area contributed by atoms with Gasteiger partial charge in [0.15, 0.2) is 0 Å². The molecule has 0 spiro atoms. The molecule has 1 fully saturated rings. The molecule has 0 aliphatic carbocycles. The summed E-state index contributed by atoms with van der Waals surface area (Å²) in [6.45, 7) is 0.782. The van der Waals surface area contributed by atoms with Gasteiger partial charge in [-0.1, -0.05) is 91.0 Å². The number of hydrogen-bond donors (Lipinski definition) is 2. The van der Waals surface area contributed by atoms with Gasteiger partial charge in [0.2, 0.25) is 0 Å². The van der Waals surface area contributed by atoms with Crippen LogP contribution in [0.25, 0.3) is 10.9 Å². The smallest absolute Gasteiger partial charge is 0.407 e. The quantitative estimate of drug-likeness (QED) is 0.215. The number of carbonyl (C=O) groups is 2. The van der Waals surface area contributed by atoms with Crippen LogP contribution in [0.2, 0.25) is 0 Å². The number of fused-ring (bicyclic) bond motifs is 1. The second-order valence-electron chi connectivity index (χ2n) is 10.3. The molecule has 4 aromatic carbocycles. The van der Waals surface area contributed by atoms with Gasteiger partial charge < -0.3 is 15.3 Å². The lowest BCUT2D eigenvalue weighted by Gasteiger charge is -2.37. The Balaban J connectivity index is 1.48. The number of rotatable bonds is 6. The summed E-state index contributed by atoms with van der Waals surface area (Å²) in [6.07, 6.45) is 0.503. The fourth-order valence-corrected chi connectivity index (χ4v) is 6.40. The minimum absolute atomic E-state index is 0.226. The number of carbonyl (C=O) groups excluding carboxylic acids is 1. The molecule has 1 saturated heterocycles. The Morgan fingerprint density at radius 2 is 1.41 bits per heavy atom. The number of piperidine rings is 1. The van der Waals surface area contributed by atoms with Crippen LogP contribution in [0, 0.1) is 0 Å². The van der Waals surface area contributed by atoms with Crippen molar-refractivity contribution in [2.75, 3.05) is 13.1 Å². The van der Waals surface area contributed by atoms with Crippen LogP contribution in [0.5, 0.6) is 0 Å². The van der Waals surface area contributed by atoms with Gasteiger partial charge in [0.25, 0.3) is 5.91 Å². The summed E-state index contributed by atoms with van der Waals surface area (Å²) >= 11 is 3.70. The average molecular weight is 610 g/mol. The molecular formula is C33H29BrN4O3. The molecule has 2 N–H and O–H groups in total. The number of nitrogens with one attached hydrogen (secondary N) is 1. The van der Waals surface area contributed by atoms with E-state index < -0.39 is 11.6 Å². The standard InChI is InChI=1S/C33H29BrN4O3/c34-30-28-21-23(31(39)35-27-17-10-20-37(22-27)32(40)41)18-19-29(28)38(36-30)33(24-11-4-1-5-12-24,25-13-6-2-7-14-25)26-15-8-3-9-16-26/h1-9,11-16,18-19,21,27H,10,17,20,22H2,(H,35,39)(H,40,41). The van der Waals surface area contributed by atoms with Crippen LogP contribution >= 0.6 is 15.9 Å². The van der Waals surface area contributed by atoms with Crippen LogP contribution in [0.15, 0.2) is 114 Å². The monoisotopic (exact) mass is 608 g/mol. The molecule has 7 nitrogen and oxygen atoms in total. The van der Waals surface area contributed by atoms with E-state index >= 15 is 0 Å². The fraction of sp³-hybridized carbons (Fsp3) is 0.182. The highest BCUT2D eigenvalue weighted by molar-refractivity contribution is 9.10. The van der Waals surface area contributed by atoms with Crippen LogP contribution in [-0.4, -0.2) is 50.9 Å². The van der Waals surface area contributed by atoms with Gasteiger partial charge in [-0.05, 0) is 63.7 Å². The Labute approximate surface area is 246 Å². The van der Waals surface area contributed by atoms with Crippen LogP contribution in [0.4, 0.5) is 4.79 Å². The minimum Gasteiger partial charge on any atom is -0.465 e. The molecule has 0 saturated carbocycles. The van der Waals surface area contributed by atoms with E-state index in [0.29, 0.717) is 23.3 Å². The highest BCUT2D eigenvalue weighted by Gasteiger charge is 2.40. The van der Waals surface area contributed by atoms with E-state index in [1.165, 1.54) is 4.90 Å². The number of likely N-dealkylation sites (tertiary alicyclic amines) is 1. The van der Waals surface area contributed by atoms with Crippen LogP contribution in [0.3, 0.4) is 0 Å². The maximum Gasteiger partial charge on any atom is 0.407 e. The minimum atomic E-state index is -0.958. The summed E-state index contributed by atoms with van der Waals surface area (Å²) in [6, 6.07) is 36.3. The number of carboxylic acid groups (broad SMARTS) is 1. The van der Waals surface area contributed by atoms with Gasteiger partial charge in [-0.15, -0.1) is 0 Å². The molecule has 2 amide bonds. The van der Waals surface area contributed by atoms with E-state index in [1.54, 1.807) is 0 Å². The summed E-state index contributed by atoms with van der Waals surface area (Å²) in [7, 11) is 0. The zero-order valence-electron chi connectivity index (χ0n) is 22.3.